The number of amides is 1. The molecule has 0 radical (unpaired) electrons. The van der Waals surface area contributed by atoms with E-state index in [9.17, 15) is 14.7 Å². The van der Waals surface area contributed by atoms with E-state index in [-0.39, 0.29) is 5.57 Å². The van der Waals surface area contributed by atoms with E-state index >= 15 is 0 Å². The van der Waals surface area contributed by atoms with Gasteiger partial charge in [0.1, 0.15) is 5.75 Å². The van der Waals surface area contributed by atoms with Crippen LogP contribution in [0.4, 0.5) is 0 Å². The van der Waals surface area contributed by atoms with E-state index < -0.39 is 23.5 Å². The highest BCUT2D eigenvalue weighted by Crippen LogP contribution is 2.40. The standard InChI is InChI=1S/C26H30Cl2N2O4/c1-16(2)15-34-19-9-6-17(7-10-19)24(31)22-23(18-8-11-20(27)21(28)14-18)30(26(33)25(22)32)13-5-12-29(3)4/h6-11,14,16,23,31H,5,12-13,15H2,1-4H3/b24-22+. The highest BCUT2D eigenvalue weighted by molar-refractivity contribution is 6.46. The van der Waals surface area contributed by atoms with Crippen LogP contribution >= 0.6 is 23.2 Å². The molecule has 1 atom stereocenters. The Kier molecular flexibility index (Phi) is 8.63. The van der Waals surface area contributed by atoms with E-state index in [1.807, 2.05) is 27.9 Å². The van der Waals surface area contributed by atoms with Crippen molar-refractivity contribution in [2.24, 2.45) is 5.92 Å². The van der Waals surface area contributed by atoms with Gasteiger partial charge in [-0.1, -0.05) is 61.0 Å². The summed E-state index contributed by atoms with van der Waals surface area (Å²) in [6.07, 6.45) is 0.683. The smallest absolute Gasteiger partial charge is 0.295 e. The molecule has 3 rings (SSSR count). The molecule has 6 nitrogen and oxygen atoms in total. The van der Waals surface area contributed by atoms with Crippen LogP contribution in [0.1, 0.15) is 37.4 Å². The second-order valence-corrected chi connectivity index (χ2v) is 10.0. The van der Waals surface area contributed by atoms with Crippen LogP contribution in [0.15, 0.2) is 48.0 Å². The van der Waals surface area contributed by atoms with Crippen LogP contribution in [0.5, 0.6) is 5.75 Å². The molecule has 0 aromatic heterocycles. The number of likely N-dealkylation sites (tertiary alicyclic amines) is 1. The molecule has 1 aliphatic heterocycles. The van der Waals surface area contributed by atoms with Gasteiger partial charge < -0.3 is 19.6 Å². The molecule has 1 N–H and O–H groups in total. The number of hydrogen-bond acceptors (Lipinski definition) is 4. The number of ketones is 1. The zero-order valence-corrected chi connectivity index (χ0v) is 21.4. The lowest BCUT2D eigenvalue weighted by atomic mass is 9.95. The van der Waals surface area contributed by atoms with Gasteiger partial charge in [0, 0.05) is 18.5 Å². The molecular formula is C26H30Cl2N2O4. The van der Waals surface area contributed by atoms with Crippen molar-refractivity contribution < 1.29 is 24.3 Å². The number of hydrogen-bond donors (Lipinski definition) is 1. The maximum Gasteiger partial charge on any atom is 0.295 e. The lowest BCUT2D eigenvalue weighted by Gasteiger charge is -2.28. The molecule has 2 aromatic rings. The maximum absolute atomic E-state index is 13.5. The zero-order valence-electron chi connectivity index (χ0n) is 19.9. The number of carbonyl (C=O) groups is 2. The summed E-state index contributed by atoms with van der Waals surface area (Å²) in [4.78, 5) is 28.7. The molecule has 34 heavy (non-hydrogen) atoms. The summed E-state index contributed by atoms with van der Waals surface area (Å²) in [5.74, 6) is -0.932. The van der Waals surface area contributed by atoms with Crippen molar-refractivity contribution >= 4 is 40.7 Å². The lowest BCUT2D eigenvalue weighted by molar-refractivity contribution is -0.858. The van der Waals surface area contributed by atoms with Gasteiger partial charge in [-0.05, 0) is 41.3 Å². The molecule has 0 spiro atoms. The summed E-state index contributed by atoms with van der Waals surface area (Å²) >= 11 is 12.3. The van der Waals surface area contributed by atoms with Crippen LogP contribution < -0.4 is 14.7 Å². The highest BCUT2D eigenvalue weighted by atomic mass is 35.5. The van der Waals surface area contributed by atoms with E-state index in [2.05, 4.69) is 0 Å². The summed E-state index contributed by atoms with van der Waals surface area (Å²) in [6.45, 7) is 5.81. The van der Waals surface area contributed by atoms with Gasteiger partial charge in [-0.2, -0.15) is 0 Å². The van der Waals surface area contributed by atoms with Crippen LogP contribution in [0.3, 0.4) is 0 Å². The third-order valence-electron chi connectivity index (χ3n) is 5.56. The number of halogens is 2. The van der Waals surface area contributed by atoms with Gasteiger partial charge in [0.25, 0.3) is 5.91 Å². The highest BCUT2D eigenvalue weighted by Gasteiger charge is 2.44. The molecular weight excluding hydrogens is 475 g/mol. The Morgan fingerprint density at radius 1 is 1.09 bits per heavy atom. The quantitative estimate of drug-likeness (QED) is 0.323. The predicted molar refractivity (Wildman–Crippen MR) is 132 cm³/mol. The molecule has 0 aliphatic carbocycles. The van der Waals surface area contributed by atoms with Crippen LogP contribution in [0.25, 0.3) is 5.76 Å². The molecule has 0 bridgehead atoms. The van der Waals surface area contributed by atoms with E-state index in [1.165, 1.54) is 9.80 Å². The molecule has 1 aliphatic rings. The Labute approximate surface area is 210 Å². The number of nitrogens with one attached hydrogen (secondary N) is 1. The van der Waals surface area contributed by atoms with E-state index in [0.717, 1.165) is 6.54 Å². The first kappa shape index (κ1) is 26.1. The number of benzene rings is 2. The van der Waals surface area contributed by atoms with Gasteiger partial charge in [0.2, 0.25) is 5.78 Å². The third-order valence-corrected chi connectivity index (χ3v) is 6.30. The minimum absolute atomic E-state index is 0.0727. The van der Waals surface area contributed by atoms with Crippen LogP contribution in [-0.2, 0) is 9.59 Å². The van der Waals surface area contributed by atoms with Crippen LogP contribution in [-0.4, -0.2) is 50.4 Å². The summed E-state index contributed by atoms with van der Waals surface area (Å²) < 4.78 is 5.68. The third kappa shape index (κ3) is 5.93. The summed E-state index contributed by atoms with van der Waals surface area (Å²) in [6, 6.07) is 10.7. The number of ether oxygens (including phenoxy) is 1. The summed E-state index contributed by atoms with van der Waals surface area (Å²) in [5, 5.41) is 14.2. The monoisotopic (exact) mass is 504 g/mol. The first-order valence-electron chi connectivity index (χ1n) is 11.3. The second-order valence-electron chi connectivity index (χ2n) is 9.19. The van der Waals surface area contributed by atoms with Crippen molar-refractivity contribution in [2.75, 3.05) is 33.8 Å². The number of Topliss-reactive ketones (excluding diaryl/α,β-unsaturated/α-hetero) is 1. The van der Waals surface area contributed by atoms with E-state index in [0.29, 0.717) is 52.4 Å². The lowest BCUT2D eigenvalue weighted by Crippen LogP contribution is -3.05. The van der Waals surface area contributed by atoms with Gasteiger partial charge in [-0.25, -0.2) is 0 Å². The Balaban J connectivity index is 2.02. The Morgan fingerprint density at radius 2 is 1.76 bits per heavy atom. The fourth-order valence-corrected chi connectivity index (χ4v) is 4.16. The average molecular weight is 505 g/mol. The SMILES string of the molecule is CC(C)COc1ccc(/C([O-])=C2\C(=O)C(=O)N(CCC[NH+](C)C)C2c2ccc(Cl)c(Cl)c2)cc1. The Hall–Kier alpha value is -2.54. The first-order valence-corrected chi connectivity index (χ1v) is 12.1. The predicted octanol–water partition coefficient (Wildman–Crippen LogP) is 2.79. The van der Waals surface area contributed by atoms with Crippen molar-refractivity contribution in [3.8, 4) is 5.75 Å². The molecule has 0 saturated carbocycles. The topological polar surface area (TPSA) is 74.1 Å². The molecule has 1 unspecified atom stereocenters. The van der Waals surface area contributed by atoms with Gasteiger partial charge >= 0.3 is 0 Å². The molecule has 182 valence electrons. The fourth-order valence-electron chi connectivity index (χ4n) is 3.85. The number of nitrogens with zero attached hydrogens (tertiary/aromatic N) is 1. The summed E-state index contributed by atoms with van der Waals surface area (Å²) in [5.41, 5.74) is 0.820. The van der Waals surface area contributed by atoms with E-state index in [1.54, 1.807) is 42.5 Å². The minimum Gasteiger partial charge on any atom is -0.872 e. The van der Waals surface area contributed by atoms with Gasteiger partial charge in [0.05, 0.1) is 43.3 Å². The van der Waals surface area contributed by atoms with Crippen molar-refractivity contribution in [1.82, 2.24) is 4.90 Å². The molecule has 8 heteroatoms. The molecule has 1 heterocycles. The van der Waals surface area contributed by atoms with E-state index in [4.69, 9.17) is 27.9 Å². The zero-order chi connectivity index (χ0) is 25.0. The van der Waals surface area contributed by atoms with Gasteiger partial charge in [-0.3, -0.25) is 9.59 Å². The maximum atomic E-state index is 13.5. The van der Waals surface area contributed by atoms with Crippen LogP contribution in [0, 0.1) is 5.92 Å². The van der Waals surface area contributed by atoms with Crippen LogP contribution in [0.2, 0.25) is 10.0 Å². The van der Waals surface area contributed by atoms with Crippen molar-refractivity contribution in [1.29, 1.82) is 0 Å². The summed E-state index contributed by atoms with van der Waals surface area (Å²) in [7, 11) is 4.03. The number of carbonyl (C=O) groups excluding carboxylic acids is 2. The second kappa shape index (κ2) is 11.3. The first-order chi connectivity index (χ1) is 16.1. The normalized spacial score (nSPS) is 17.8. The molecule has 1 fully saturated rings. The minimum atomic E-state index is -0.823. The largest absolute Gasteiger partial charge is 0.872 e. The fraction of sp³-hybridized carbons (Fsp3) is 0.385. The Bertz CT molecular complexity index is 1080. The molecule has 1 amide bonds. The van der Waals surface area contributed by atoms with Gasteiger partial charge in [-0.15, -0.1) is 0 Å². The number of quaternary nitrogens is 1. The Morgan fingerprint density at radius 3 is 2.35 bits per heavy atom. The number of rotatable bonds is 9. The average Bonchev–Trinajstić information content (AvgIpc) is 3.04. The van der Waals surface area contributed by atoms with Crippen molar-refractivity contribution in [3.63, 3.8) is 0 Å². The molecule has 2 aromatic carbocycles. The van der Waals surface area contributed by atoms with Crippen molar-refractivity contribution in [2.45, 2.75) is 26.3 Å². The molecule has 1 saturated heterocycles. The van der Waals surface area contributed by atoms with Crippen molar-refractivity contribution in [3.05, 3.63) is 69.2 Å². The van der Waals surface area contributed by atoms with Gasteiger partial charge in [0.15, 0.2) is 0 Å².